The number of thiophene rings is 1. The van der Waals surface area contributed by atoms with Crippen LogP contribution >= 0.6 is 11.3 Å². The van der Waals surface area contributed by atoms with Crippen molar-refractivity contribution < 1.29 is 14.4 Å². The predicted molar refractivity (Wildman–Crippen MR) is 115 cm³/mol. The van der Waals surface area contributed by atoms with E-state index < -0.39 is 0 Å². The Bertz CT molecular complexity index is 1050. The topological polar surface area (TPSA) is 54.8 Å². The Hall–Kier alpha value is -2.83. The first-order valence-electron chi connectivity index (χ1n) is 9.94. The third-order valence-corrected chi connectivity index (χ3v) is 6.90. The van der Waals surface area contributed by atoms with Gasteiger partial charge in [0.25, 0.3) is 5.91 Å². The van der Waals surface area contributed by atoms with Gasteiger partial charge in [0.05, 0.1) is 24.1 Å². The maximum Gasteiger partial charge on any atom is 0.256 e. The first kappa shape index (κ1) is 18.2. The van der Waals surface area contributed by atoms with Gasteiger partial charge in [0.2, 0.25) is 0 Å². The van der Waals surface area contributed by atoms with E-state index in [2.05, 4.69) is 41.0 Å². The highest BCUT2D eigenvalue weighted by molar-refractivity contribution is 7.16. The van der Waals surface area contributed by atoms with Gasteiger partial charge >= 0.3 is 0 Å². The molecular weight excluding hydrogens is 382 g/mol. The fraction of sp³-hybridized carbons (Fsp3) is 0.261. The maximum atomic E-state index is 12.9. The van der Waals surface area contributed by atoms with Gasteiger partial charge in [-0.25, -0.2) is 0 Å². The lowest BCUT2D eigenvalue weighted by Crippen LogP contribution is -3.10. The van der Waals surface area contributed by atoms with Gasteiger partial charge < -0.3 is 20.3 Å². The third-order valence-electron chi connectivity index (χ3n) is 5.73. The number of anilines is 1. The molecule has 0 spiro atoms. The van der Waals surface area contributed by atoms with Gasteiger partial charge in [0, 0.05) is 12.0 Å². The van der Waals surface area contributed by atoms with E-state index in [1.54, 1.807) is 23.3 Å². The largest absolute Gasteiger partial charge is 0.497 e. The number of hydrogen-bond acceptors (Lipinski definition) is 4. The zero-order valence-electron chi connectivity index (χ0n) is 16.3. The molecule has 1 unspecified atom stereocenters. The Labute approximate surface area is 174 Å². The van der Waals surface area contributed by atoms with Crippen molar-refractivity contribution >= 4 is 22.2 Å². The van der Waals surface area contributed by atoms with Crippen molar-refractivity contribution in [3.63, 3.8) is 0 Å². The van der Waals surface area contributed by atoms with Crippen LogP contribution in [-0.2, 0) is 19.5 Å². The number of nitrogens with one attached hydrogen (secondary N) is 3. The second-order valence-corrected chi connectivity index (χ2v) is 8.73. The van der Waals surface area contributed by atoms with Crippen molar-refractivity contribution in [2.75, 3.05) is 19.0 Å². The molecule has 1 amide bonds. The molecule has 0 aliphatic carbocycles. The molecule has 2 aliphatic heterocycles. The first-order valence-corrected chi connectivity index (χ1v) is 10.8. The summed E-state index contributed by atoms with van der Waals surface area (Å²) in [6.45, 7) is 3.05. The van der Waals surface area contributed by atoms with Crippen LogP contribution in [0.1, 0.15) is 38.1 Å². The number of carbonyl (C=O) groups is 1. The summed E-state index contributed by atoms with van der Waals surface area (Å²) >= 11 is 1.74. The highest BCUT2D eigenvalue weighted by Gasteiger charge is 2.34. The van der Waals surface area contributed by atoms with E-state index in [1.807, 2.05) is 24.3 Å². The van der Waals surface area contributed by atoms with Crippen LogP contribution in [0.5, 0.6) is 5.75 Å². The first-order chi connectivity index (χ1) is 14.2. The van der Waals surface area contributed by atoms with Crippen LogP contribution < -0.4 is 20.3 Å². The van der Waals surface area contributed by atoms with Crippen molar-refractivity contribution in [1.82, 2.24) is 5.32 Å². The summed E-state index contributed by atoms with van der Waals surface area (Å²) in [5.74, 6) is 0.811. The molecule has 0 saturated heterocycles. The Kier molecular flexibility index (Phi) is 4.73. The number of fused-ring (bicyclic) bond motifs is 3. The summed E-state index contributed by atoms with van der Waals surface area (Å²) in [6, 6.07) is 18.5. The number of hydrogen-bond donors (Lipinski definition) is 3. The minimum atomic E-state index is -0.238. The average molecular weight is 407 g/mol. The van der Waals surface area contributed by atoms with Crippen LogP contribution in [0.4, 0.5) is 5.00 Å². The molecule has 2 aliphatic rings. The summed E-state index contributed by atoms with van der Waals surface area (Å²) in [4.78, 5) is 15.8. The summed E-state index contributed by atoms with van der Waals surface area (Å²) < 4.78 is 5.33. The highest BCUT2D eigenvalue weighted by atomic mass is 32.1. The summed E-state index contributed by atoms with van der Waals surface area (Å²) in [5.41, 5.74) is 4.44. The van der Waals surface area contributed by atoms with Crippen LogP contribution in [0.3, 0.4) is 0 Å². The number of amides is 1. The summed E-state index contributed by atoms with van der Waals surface area (Å²) in [7, 11) is 1.65. The molecule has 3 heterocycles. The lowest BCUT2D eigenvalue weighted by molar-refractivity contribution is -0.929. The normalized spacial score (nSPS) is 20.2. The van der Waals surface area contributed by atoms with Gasteiger partial charge in [-0.1, -0.05) is 42.5 Å². The SMILES string of the molecule is COc1cccc([C@H]2NC(=O)c3c(sc4c3CC[NH+](Cc3ccccc3)C4)N2)c1. The smallest absolute Gasteiger partial charge is 0.256 e. The van der Waals surface area contributed by atoms with Gasteiger partial charge in [-0.05, 0) is 23.3 Å². The number of carbonyl (C=O) groups excluding carboxylic acids is 1. The van der Waals surface area contributed by atoms with E-state index in [4.69, 9.17) is 4.74 Å². The van der Waals surface area contributed by atoms with Crippen molar-refractivity contribution in [2.45, 2.75) is 25.7 Å². The second kappa shape index (κ2) is 7.54. The predicted octanol–water partition coefficient (Wildman–Crippen LogP) is 2.75. The fourth-order valence-electron chi connectivity index (χ4n) is 4.27. The summed E-state index contributed by atoms with van der Waals surface area (Å²) in [5, 5.41) is 7.65. The molecule has 148 valence electrons. The monoisotopic (exact) mass is 406 g/mol. The van der Waals surface area contributed by atoms with Crippen LogP contribution in [0, 0.1) is 0 Å². The van der Waals surface area contributed by atoms with Gasteiger partial charge in [-0.3, -0.25) is 4.79 Å². The van der Waals surface area contributed by atoms with Gasteiger partial charge in [-0.2, -0.15) is 0 Å². The molecule has 3 aromatic rings. The van der Waals surface area contributed by atoms with E-state index in [-0.39, 0.29) is 12.1 Å². The van der Waals surface area contributed by atoms with E-state index >= 15 is 0 Å². The average Bonchev–Trinajstić information content (AvgIpc) is 3.12. The van der Waals surface area contributed by atoms with Crippen LogP contribution in [0.25, 0.3) is 0 Å². The molecule has 3 N–H and O–H groups in total. The molecule has 0 bridgehead atoms. The minimum absolute atomic E-state index is 0.0237. The minimum Gasteiger partial charge on any atom is -0.497 e. The molecule has 2 atom stereocenters. The standard InChI is InChI=1S/C23H23N3O2S/c1-28-17-9-5-8-16(12-17)21-24-22(27)20-18-10-11-26(13-15-6-3-2-4-7-15)14-19(18)29-23(20)25-21/h2-9,12,21,25H,10-11,13-14H2,1H3,(H,24,27)/p+1/t21-/m0/s1. The second-order valence-electron chi connectivity index (χ2n) is 7.62. The Morgan fingerprint density at radius 1 is 1.14 bits per heavy atom. The molecule has 6 heteroatoms. The maximum absolute atomic E-state index is 12.9. The number of benzene rings is 2. The molecule has 5 rings (SSSR count). The van der Waals surface area contributed by atoms with Crippen LogP contribution in [0.2, 0.25) is 0 Å². The zero-order valence-corrected chi connectivity index (χ0v) is 17.1. The van der Waals surface area contributed by atoms with E-state index in [1.165, 1.54) is 16.0 Å². The molecule has 1 aromatic heterocycles. The van der Waals surface area contributed by atoms with Crippen LogP contribution in [0.15, 0.2) is 54.6 Å². The Balaban J connectivity index is 1.38. The third kappa shape index (κ3) is 3.50. The number of quaternary nitrogens is 1. The van der Waals surface area contributed by atoms with Gasteiger partial charge in [0.15, 0.2) is 0 Å². The van der Waals surface area contributed by atoms with E-state index in [0.717, 1.165) is 47.9 Å². The molecule has 0 saturated carbocycles. The quantitative estimate of drug-likeness (QED) is 0.625. The van der Waals surface area contributed by atoms with Crippen molar-refractivity contribution in [1.29, 1.82) is 0 Å². The Morgan fingerprint density at radius 3 is 2.83 bits per heavy atom. The number of rotatable bonds is 4. The lowest BCUT2D eigenvalue weighted by atomic mass is 10.00. The van der Waals surface area contributed by atoms with Crippen LogP contribution in [-0.4, -0.2) is 19.6 Å². The molecule has 2 aromatic carbocycles. The zero-order chi connectivity index (χ0) is 19.8. The van der Waals surface area contributed by atoms with Gasteiger partial charge in [0.1, 0.15) is 30.0 Å². The van der Waals surface area contributed by atoms with Crippen molar-refractivity contribution in [2.24, 2.45) is 0 Å². The number of ether oxygens (including phenoxy) is 1. The Morgan fingerprint density at radius 2 is 2.00 bits per heavy atom. The molecule has 5 nitrogen and oxygen atoms in total. The lowest BCUT2D eigenvalue weighted by Gasteiger charge is -2.27. The number of methoxy groups -OCH3 is 1. The fourth-order valence-corrected chi connectivity index (χ4v) is 5.62. The van der Waals surface area contributed by atoms with E-state index in [0.29, 0.717) is 0 Å². The van der Waals surface area contributed by atoms with Gasteiger partial charge in [-0.15, -0.1) is 11.3 Å². The summed E-state index contributed by atoms with van der Waals surface area (Å²) in [6.07, 6.45) is 0.709. The highest BCUT2D eigenvalue weighted by Crippen LogP contribution is 2.39. The molecule has 0 radical (unpaired) electrons. The molecule has 0 fully saturated rings. The van der Waals surface area contributed by atoms with E-state index in [9.17, 15) is 4.79 Å². The van der Waals surface area contributed by atoms with Crippen molar-refractivity contribution in [3.05, 3.63) is 81.7 Å². The van der Waals surface area contributed by atoms with Crippen molar-refractivity contribution in [3.8, 4) is 5.75 Å². The molecular formula is C23H24N3O2S+. The molecule has 29 heavy (non-hydrogen) atoms.